The lowest BCUT2D eigenvalue weighted by atomic mass is 9.90. The van der Waals surface area contributed by atoms with E-state index in [0.717, 1.165) is 12.3 Å². The monoisotopic (exact) mass is 302 g/mol. The first-order valence-electron chi connectivity index (χ1n) is 6.72. The Morgan fingerprint density at radius 1 is 1.48 bits per heavy atom. The summed E-state index contributed by atoms with van der Waals surface area (Å²) in [5.41, 5.74) is -1.42. The predicted octanol–water partition coefficient (Wildman–Crippen LogP) is 2.88. The summed E-state index contributed by atoms with van der Waals surface area (Å²) >= 11 is 0. The Morgan fingerprint density at radius 2 is 2.19 bits per heavy atom. The van der Waals surface area contributed by atoms with Gasteiger partial charge >= 0.3 is 12.1 Å². The molecule has 1 aliphatic rings. The first kappa shape index (κ1) is 15.6. The lowest BCUT2D eigenvalue weighted by molar-refractivity contribution is -0.153. The Bertz CT molecular complexity index is 516. The molecule has 1 aliphatic heterocycles. The van der Waals surface area contributed by atoms with Crippen LogP contribution in [-0.4, -0.2) is 30.6 Å². The Kier molecular flexibility index (Phi) is 4.11. The summed E-state index contributed by atoms with van der Waals surface area (Å²) in [6.45, 7) is 4.81. The van der Waals surface area contributed by atoms with E-state index >= 15 is 0 Å². The zero-order valence-corrected chi connectivity index (χ0v) is 11.9. The molecule has 1 aromatic heterocycles. The number of pyridine rings is 1. The van der Waals surface area contributed by atoms with Crippen LogP contribution in [0.5, 0.6) is 0 Å². The number of aromatic nitrogens is 1. The van der Waals surface area contributed by atoms with Crippen molar-refractivity contribution in [2.45, 2.75) is 26.4 Å². The van der Waals surface area contributed by atoms with Crippen molar-refractivity contribution in [3.05, 3.63) is 23.9 Å². The highest BCUT2D eigenvalue weighted by Crippen LogP contribution is 2.35. The zero-order valence-electron chi connectivity index (χ0n) is 11.9. The minimum absolute atomic E-state index is 0.278. The molecule has 0 amide bonds. The Hall–Kier alpha value is -1.79. The summed E-state index contributed by atoms with van der Waals surface area (Å²) in [7, 11) is 0. The topological polar surface area (TPSA) is 42.4 Å². The summed E-state index contributed by atoms with van der Waals surface area (Å²) in [5.74, 6) is 0.162. The maximum absolute atomic E-state index is 12.5. The van der Waals surface area contributed by atoms with Crippen LogP contribution in [0.4, 0.5) is 19.0 Å². The number of hydrogen-bond donors (Lipinski definition) is 0. The van der Waals surface area contributed by atoms with E-state index in [1.165, 1.54) is 6.07 Å². The van der Waals surface area contributed by atoms with Gasteiger partial charge in [0.25, 0.3) is 0 Å². The molecule has 2 rings (SSSR count). The molecule has 0 saturated carbocycles. The molecule has 1 fully saturated rings. The average molecular weight is 302 g/mol. The van der Waals surface area contributed by atoms with Crippen LogP contribution < -0.4 is 4.90 Å². The van der Waals surface area contributed by atoms with Gasteiger partial charge in [-0.15, -0.1) is 0 Å². The van der Waals surface area contributed by atoms with Crippen LogP contribution in [0.2, 0.25) is 0 Å². The molecular weight excluding hydrogens is 285 g/mol. The number of rotatable bonds is 3. The van der Waals surface area contributed by atoms with Crippen molar-refractivity contribution >= 4 is 11.8 Å². The van der Waals surface area contributed by atoms with Crippen molar-refractivity contribution in [1.82, 2.24) is 4.98 Å². The lowest BCUT2D eigenvalue weighted by Crippen LogP contribution is -2.33. The minimum atomic E-state index is -4.39. The van der Waals surface area contributed by atoms with E-state index in [4.69, 9.17) is 4.74 Å². The van der Waals surface area contributed by atoms with Crippen LogP contribution in [0.3, 0.4) is 0 Å². The van der Waals surface area contributed by atoms with Crippen molar-refractivity contribution in [2.75, 3.05) is 24.6 Å². The second-order valence-corrected chi connectivity index (χ2v) is 5.36. The van der Waals surface area contributed by atoms with E-state index in [0.29, 0.717) is 31.9 Å². The summed E-state index contributed by atoms with van der Waals surface area (Å²) < 4.78 is 42.5. The van der Waals surface area contributed by atoms with Crippen LogP contribution >= 0.6 is 0 Å². The molecule has 4 nitrogen and oxygen atoms in total. The van der Waals surface area contributed by atoms with Gasteiger partial charge in [-0.1, -0.05) is 0 Å². The molecule has 21 heavy (non-hydrogen) atoms. The summed E-state index contributed by atoms with van der Waals surface area (Å²) in [4.78, 5) is 17.6. The van der Waals surface area contributed by atoms with Crippen molar-refractivity contribution in [1.29, 1.82) is 0 Å². The molecule has 0 spiro atoms. The molecule has 0 N–H and O–H groups in total. The van der Waals surface area contributed by atoms with Gasteiger partial charge in [0.1, 0.15) is 5.82 Å². The van der Waals surface area contributed by atoms with Gasteiger partial charge in [-0.3, -0.25) is 4.79 Å². The number of carbonyl (C=O) groups is 1. The van der Waals surface area contributed by atoms with Crippen molar-refractivity contribution in [3.8, 4) is 0 Å². The number of anilines is 1. The smallest absolute Gasteiger partial charge is 0.417 e. The normalized spacial score (nSPS) is 22.4. The molecule has 1 atom stereocenters. The van der Waals surface area contributed by atoms with Gasteiger partial charge in [0.05, 0.1) is 17.6 Å². The maximum atomic E-state index is 12.5. The SMILES string of the molecule is CCOC(=O)C1(C)CCN(c2ccc(C(F)(F)F)cn2)C1. The van der Waals surface area contributed by atoms with Gasteiger partial charge in [-0.05, 0) is 32.4 Å². The fourth-order valence-corrected chi connectivity index (χ4v) is 2.37. The Morgan fingerprint density at radius 3 is 2.71 bits per heavy atom. The van der Waals surface area contributed by atoms with Crippen molar-refractivity contribution in [3.63, 3.8) is 0 Å². The molecule has 1 saturated heterocycles. The molecule has 7 heteroatoms. The summed E-state index contributed by atoms with van der Waals surface area (Å²) in [5, 5.41) is 0. The summed E-state index contributed by atoms with van der Waals surface area (Å²) in [6.07, 6.45) is -2.99. The molecule has 0 aliphatic carbocycles. The fraction of sp³-hybridized carbons (Fsp3) is 0.571. The minimum Gasteiger partial charge on any atom is -0.466 e. The quantitative estimate of drug-likeness (QED) is 0.805. The predicted molar refractivity (Wildman–Crippen MR) is 70.8 cm³/mol. The third kappa shape index (κ3) is 3.28. The summed E-state index contributed by atoms with van der Waals surface area (Å²) in [6, 6.07) is 2.34. The largest absolute Gasteiger partial charge is 0.466 e. The standard InChI is InChI=1S/C14H17F3N2O2/c1-3-21-12(20)13(2)6-7-19(9-13)11-5-4-10(8-18-11)14(15,16)17/h4-5,8H,3,6-7,9H2,1-2H3. The van der Waals surface area contributed by atoms with E-state index in [2.05, 4.69) is 4.98 Å². The van der Waals surface area contributed by atoms with E-state index < -0.39 is 17.2 Å². The van der Waals surface area contributed by atoms with Gasteiger partial charge in [-0.2, -0.15) is 13.2 Å². The molecule has 0 bridgehead atoms. The number of alkyl halides is 3. The molecule has 0 radical (unpaired) electrons. The number of esters is 1. The zero-order chi connectivity index (χ0) is 15.7. The number of halogens is 3. The van der Waals surface area contributed by atoms with Gasteiger partial charge in [0.15, 0.2) is 0 Å². The first-order chi connectivity index (χ1) is 9.76. The molecule has 1 unspecified atom stereocenters. The molecule has 1 aromatic rings. The number of hydrogen-bond acceptors (Lipinski definition) is 4. The van der Waals surface area contributed by atoms with Crippen LogP contribution in [0.25, 0.3) is 0 Å². The van der Waals surface area contributed by atoms with E-state index in [1.54, 1.807) is 18.7 Å². The van der Waals surface area contributed by atoms with Crippen molar-refractivity contribution in [2.24, 2.45) is 5.41 Å². The highest BCUT2D eigenvalue weighted by Gasteiger charge is 2.42. The first-order valence-corrected chi connectivity index (χ1v) is 6.72. The van der Waals surface area contributed by atoms with E-state index in [-0.39, 0.29) is 5.97 Å². The van der Waals surface area contributed by atoms with Crippen LogP contribution in [-0.2, 0) is 15.7 Å². The molecular formula is C14H17F3N2O2. The van der Waals surface area contributed by atoms with Gasteiger partial charge in [0, 0.05) is 19.3 Å². The average Bonchev–Trinajstić information content (AvgIpc) is 2.82. The van der Waals surface area contributed by atoms with Gasteiger partial charge in [-0.25, -0.2) is 4.98 Å². The third-order valence-corrected chi connectivity index (χ3v) is 3.64. The van der Waals surface area contributed by atoms with E-state index in [9.17, 15) is 18.0 Å². The fourth-order valence-electron chi connectivity index (χ4n) is 2.37. The maximum Gasteiger partial charge on any atom is 0.417 e. The van der Waals surface area contributed by atoms with Crippen molar-refractivity contribution < 1.29 is 22.7 Å². The van der Waals surface area contributed by atoms with Gasteiger partial charge < -0.3 is 9.64 Å². The second-order valence-electron chi connectivity index (χ2n) is 5.36. The molecule has 0 aromatic carbocycles. The molecule has 2 heterocycles. The van der Waals surface area contributed by atoms with E-state index in [1.807, 2.05) is 0 Å². The molecule has 116 valence electrons. The highest BCUT2D eigenvalue weighted by atomic mass is 19.4. The Balaban J connectivity index is 2.09. The number of ether oxygens (including phenoxy) is 1. The highest BCUT2D eigenvalue weighted by molar-refractivity contribution is 5.78. The van der Waals surface area contributed by atoms with Crippen LogP contribution in [0.15, 0.2) is 18.3 Å². The third-order valence-electron chi connectivity index (χ3n) is 3.64. The number of nitrogens with zero attached hydrogens (tertiary/aromatic N) is 2. The van der Waals surface area contributed by atoms with Gasteiger partial charge in [0.2, 0.25) is 0 Å². The number of carbonyl (C=O) groups excluding carboxylic acids is 1. The van der Waals surface area contributed by atoms with Crippen LogP contribution in [0, 0.1) is 5.41 Å². The Labute approximate surface area is 120 Å². The lowest BCUT2D eigenvalue weighted by Gasteiger charge is -2.23. The van der Waals surface area contributed by atoms with Crippen LogP contribution in [0.1, 0.15) is 25.8 Å². The second kappa shape index (κ2) is 5.54.